The Morgan fingerprint density at radius 3 is 1.91 bits per heavy atom. The van der Waals surface area contributed by atoms with Crippen LogP contribution in [-0.4, -0.2) is 17.8 Å². The monoisotopic (exact) mass is 179 g/mol. The number of hydrogen-bond donors (Lipinski definition) is 2. The van der Waals surface area contributed by atoms with Crippen LogP contribution in [0.5, 0.6) is 0 Å². The third kappa shape index (κ3) is 1.72. The number of hydrogen-bond acceptors (Lipinski definition) is 3. The summed E-state index contributed by atoms with van der Waals surface area (Å²) in [6, 6.07) is 0. The maximum absolute atomic E-state index is 10.7. The molecule has 0 aromatic rings. The molecule has 0 unspecified atom stereocenters. The lowest BCUT2D eigenvalue weighted by Crippen LogP contribution is -2.48. The summed E-state index contributed by atoms with van der Waals surface area (Å²) in [5.41, 5.74) is 5.50. The van der Waals surface area contributed by atoms with Crippen LogP contribution < -0.4 is 5.73 Å². The van der Waals surface area contributed by atoms with Gasteiger partial charge >= 0.3 is 0 Å². The maximum atomic E-state index is 10.7. The van der Waals surface area contributed by atoms with E-state index < -0.39 is 15.0 Å². The van der Waals surface area contributed by atoms with Gasteiger partial charge in [-0.05, 0) is 12.8 Å². The van der Waals surface area contributed by atoms with E-state index in [2.05, 4.69) is 0 Å². The second-order valence-corrected chi connectivity index (χ2v) is 4.86. The van der Waals surface area contributed by atoms with Gasteiger partial charge in [0.2, 0.25) is 0 Å². The van der Waals surface area contributed by atoms with Crippen LogP contribution in [0.2, 0.25) is 0 Å². The van der Waals surface area contributed by atoms with Crippen LogP contribution in [0.3, 0.4) is 0 Å². The fraction of sp³-hybridized carbons (Fsp3) is 1.00. The highest BCUT2D eigenvalue weighted by Crippen LogP contribution is 2.29. The van der Waals surface area contributed by atoms with E-state index >= 15 is 0 Å². The minimum absolute atomic E-state index is 0.381. The van der Waals surface area contributed by atoms with Gasteiger partial charge in [0.15, 0.2) is 0 Å². The van der Waals surface area contributed by atoms with E-state index in [1.54, 1.807) is 0 Å². The van der Waals surface area contributed by atoms with Gasteiger partial charge in [0.1, 0.15) is 4.87 Å². The molecule has 0 amide bonds. The van der Waals surface area contributed by atoms with Crippen LogP contribution in [0.25, 0.3) is 0 Å². The topological polar surface area (TPSA) is 80.4 Å². The standard InChI is InChI=1S/C6H13NO3S/c7-6(11(8,9)10)4-2-1-3-5-6/h1-5,7H2,(H,8,9,10). The first-order chi connectivity index (χ1) is 4.96. The van der Waals surface area contributed by atoms with Crippen LogP contribution in [0, 0.1) is 0 Å². The molecule has 0 bridgehead atoms. The maximum Gasteiger partial charge on any atom is 0.283 e. The molecule has 0 spiro atoms. The van der Waals surface area contributed by atoms with E-state index in [0.29, 0.717) is 12.8 Å². The van der Waals surface area contributed by atoms with Crippen molar-refractivity contribution in [2.45, 2.75) is 37.0 Å². The lowest BCUT2D eigenvalue weighted by Gasteiger charge is -2.29. The molecule has 3 N–H and O–H groups in total. The molecule has 66 valence electrons. The van der Waals surface area contributed by atoms with E-state index in [-0.39, 0.29) is 0 Å². The molecule has 0 saturated heterocycles. The van der Waals surface area contributed by atoms with Crippen LogP contribution in [0.15, 0.2) is 0 Å². The third-order valence-electron chi connectivity index (χ3n) is 2.21. The molecule has 5 heteroatoms. The summed E-state index contributed by atoms with van der Waals surface area (Å²) in [7, 11) is -4.05. The van der Waals surface area contributed by atoms with Gasteiger partial charge in [-0.2, -0.15) is 8.42 Å². The molecule has 1 fully saturated rings. The molecule has 1 saturated carbocycles. The lowest BCUT2D eigenvalue weighted by molar-refractivity contribution is 0.346. The first-order valence-electron chi connectivity index (χ1n) is 3.72. The zero-order valence-electron chi connectivity index (χ0n) is 6.28. The molecule has 0 heterocycles. The molecule has 0 aromatic heterocycles. The predicted octanol–water partition coefficient (Wildman–Crippen LogP) is 0.493. The molecule has 0 radical (unpaired) electrons. The van der Waals surface area contributed by atoms with Crippen molar-refractivity contribution < 1.29 is 13.0 Å². The van der Waals surface area contributed by atoms with E-state index in [1.165, 1.54) is 0 Å². The van der Waals surface area contributed by atoms with Crippen molar-refractivity contribution in [3.63, 3.8) is 0 Å². The third-order valence-corrected chi connectivity index (χ3v) is 3.65. The van der Waals surface area contributed by atoms with Gasteiger partial charge in [0, 0.05) is 0 Å². The Kier molecular flexibility index (Phi) is 2.22. The fourth-order valence-corrected chi connectivity index (χ4v) is 2.21. The van der Waals surface area contributed by atoms with Crippen molar-refractivity contribution in [2.75, 3.05) is 0 Å². The van der Waals surface area contributed by atoms with Crippen molar-refractivity contribution in [3.05, 3.63) is 0 Å². The molecule has 1 aliphatic carbocycles. The van der Waals surface area contributed by atoms with Gasteiger partial charge in [-0.3, -0.25) is 4.55 Å². The zero-order valence-corrected chi connectivity index (χ0v) is 7.10. The molecule has 1 aliphatic rings. The van der Waals surface area contributed by atoms with Gasteiger partial charge in [-0.1, -0.05) is 19.3 Å². The Morgan fingerprint density at radius 1 is 1.18 bits per heavy atom. The molecular weight excluding hydrogens is 166 g/mol. The summed E-state index contributed by atoms with van der Waals surface area (Å²) in [6.07, 6.45) is 3.35. The van der Waals surface area contributed by atoms with Crippen LogP contribution in [0.1, 0.15) is 32.1 Å². The Balaban J connectivity index is 2.81. The highest BCUT2D eigenvalue weighted by molar-refractivity contribution is 7.87. The zero-order chi connectivity index (χ0) is 8.54. The summed E-state index contributed by atoms with van der Waals surface area (Å²) in [5, 5.41) is 0. The van der Waals surface area contributed by atoms with Crippen molar-refractivity contribution in [1.29, 1.82) is 0 Å². The summed E-state index contributed by atoms with van der Waals surface area (Å²) in [4.78, 5) is -1.36. The molecule has 0 aromatic carbocycles. The van der Waals surface area contributed by atoms with Crippen LogP contribution in [0.4, 0.5) is 0 Å². The molecule has 0 aliphatic heterocycles. The SMILES string of the molecule is NC1(S(=O)(=O)O)CCCCC1. The van der Waals surface area contributed by atoms with E-state index in [1.807, 2.05) is 0 Å². The molecule has 0 atom stereocenters. The van der Waals surface area contributed by atoms with Gasteiger partial charge in [-0.25, -0.2) is 0 Å². The average Bonchev–Trinajstić information content (AvgIpc) is 1.87. The lowest BCUT2D eigenvalue weighted by atomic mass is 9.96. The smallest absolute Gasteiger partial charge is 0.283 e. The first kappa shape index (κ1) is 8.96. The minimum Gasteiger partial charge on any atom is -0.311 e. The van der Waals surface area contributed by atoms with Gasteiger partial charge in [0.25, 0.3) is 10.1 Å². The summed E-state index contributed by atoms with van der Waals surface area (Å²) >= 11 is 0. The Morgan fingerprint density at radius 2 is 1.64 bits per heavy atom. The predicted molar refractivity (Wildman–Crippen MR) is 41.6 cm³/mol. The quantitative estimate of drug-likeness (QED) is 0.574. The average molecular weight is 179 g/mol. The number of nitrogens with two attached hydrogens (primary N) is 1. The minimum atomic E-state index is -4.05. The molecule has 4 nitrogen and oxygen atoms in total. The van der Waals surface area contributed by atoms with Gasteiger partial charge in [0.05, 0.1) is 0 Å². The van der Waals surface area contributed by atoms with Crippen molar-refractivity contribution in [2.24, 2.45) is 5.73 Å². The largest absolute Gasteiger partial charge is 0.311 e. The van der Waals surface area contributed by atoms with Gasteiger partial charge in [-0.15, -0.1) is 0 Å². The fourth-order valence-electron chi connectivity index (χ4n) is 1.41. The first-order valence-corrected chi connectivity index (χ1v) is 5.16. The number of rotatable bonds is 1. The summed E-state index contributed by atoms with van der Waals surface area (Å²) < 4.78 is 30.2. The van der Waals surface area contributed by atoms with Gasteiger partial charge < -0.3 is 5.73 Å². The molecular formula is C6H13NO3S. The second kappa shape index (κ2) is 2.73. The summed E-state index contributed by atoms with van der Waals surface area (Å²) in [6.45, 7) is 0. The van der Waals surface area contributed by atoms with Crippen LogP contribution >= 0.6 is 0 Å². The van der Waals surface area contributed by atoms with Crippen molar-refractivity contribution >= 4 is 10.1 Å². The summed E-state index contributed by atoms with van der Waals surface area (Å²) in [5.74, 6) is 0. The van der Waals surface area contributed by atoms with Crippen molar-refractivity contribution in [3.8, 4) is 0 Å². The van der Waals surface area contributed by atoms with E-state index in [0.717, 1.165) is 19.3 Å². The van der Waals surface area contributed by atoms with Crippen molar-refractivity contribution in [1.82, 2.24) is 0 Å². The Bertz CT molecular complexity index is 228. The molecule has 1 rings (SSSR count). The normalized spacial score (nSPS) is 24.9. The molecule has 11 heavy (non-hydrogen) atoms. The highest BCUT2D eigenvalue weighted by atomic mass is 32.2. The Labute approximate surface area is 66.5 Å². The van der Waals surface area contributed by atoms with E-state index in [9.17, 15) is 8.42 Å². The van der Waals surface area contributed by atoms with E-state index in [4.69, 9.17) is 10.3 Å². The Hall–Kier alpha value is -0.130. The van der Waals surface area contributed by atoms with Crippen LogP contribution in [-0.2, 0) is 10.1 Å². The second-order valence-electron chi connectivity index (χ2n) is 3.10. The highest BCUT2D eigenvalue weighted by Gasteiger charge is 2.39.